The van der Waals surface area contributed by atoms with Gasteiger partial charge in [0.15, 0.2) is 0 Å². The molecule has 0 saturated carbocycles. The molecule has 1 aliphatic heterocycles. The monoisotopic (exact) mass is 369 g/mol. The number of amides is 1. The molecule has 0 radical (unpaired) electrons. The number of carbonyl (C=O) groups is 1. The molecule has 1 aromatic carbocycles. The van der Waals surface area contributed by atoms with E-state index < -0.39 is 18.0 Å². The van der Waals surface area contributed by atoms with Crippen LogP contribution < -0.4 is 4.74 Å². The minimum atomic E-state index is -4.67. The maximum atomic E-state index is 12.6. The molecule has 0 spiro atoms. The second kappa shape index (κ2) is 7.35. The summed E-state index contributed by atoms with van der Waals surface area (Å²) < 4.78 is 47.9. The zero-order valence-corrected chi connectivity index (χ0v) is 14.1. The standard InChI is InChI=1S/C17H18F3N3O3/c1-2-25-13-7-5-11(6-8-13)15(24)23-9-3-4-12(10-23)14-21-22-16(26-14)17(18,19)20/h5-8,12H,2-4,9-10H2,1H3. The van der Waals surface area contributed by atoms with Crippen LogP contribution in [0.15, 0.2) is 28.7 Å². The predicted octanol–water partition coefficient (Wildman–Crippen LogP) is 3.51. The van der Waals surface area contributed by atoms with Gasteiger partial charge in [-0.05, 0) is 44.0 Å². The molecule has 0 bridgehead atoms. The molecule has 1 atom stereocenters. The van der Waals surface area contributed by atoms with Gasteiger partial charge in [-0.1, -0.05) is 0 Å². The van der Waals surface area contributed by atoms with Gasteiger partial charge in [0.2, 0.25) is 5.89 Å². The fourth-order valence-corrected chi connectivity index (χ4v) is 2.92. The molecule has 0 aliphatic carbocycles. The van der Waals surface area contributed by atoms with Crippen molar-refractivity contribution < 1.29 is 27.1 Å². The van der Waals surface area contributed by atoms with E-state index in [1.165, 1.54) is 0 Å². The molecule has 1 aromatic heterocycles. The lowest BCUT2D eigenvalue weighted by Crippen LogP contribution is -2.39. The molecule has 1 unspecified atom stereocenters. The Balaban J connectivity index is 1.69. The number of likely N-dealkylation sites (tertiary alicyclic amines) is 1. The van der Waals surface area contributed by atoms with Crippen molar-refractivity contribution in [2.75, 3.05) is 19.7 Å². The Morgan fingerprint density at radius 3 is 2.65 bits per heavy atom. The van der Waals surface area contributed by atoms with E-state index in [1.807, 2.05) is 6.92 Å². The van der Waals surface area contributed by atoms with Gasteiger partial charge >= 0.3 is 12.1 Å². The van der Waals surface area contributed by atoms with Crippen molar-refractivity contribution in [1.82, 2.24) is 15.1 Å². The highest BCUT2D eigenvalue weighted by Crippen LogP contribution is 2.32. The van der Waals surface area contributed by atoms with Gasteiger partial charge in [-0.25, -0.2) is 0 Å². The number of carbonyl (C=O) groups excluding carboxylic acids is 1. The van der Waals surface area contributed by atoms with Crippen molar-refractivity contribution in [3.8, 4) is 5.75 Å². The molecule has 26 heavy (non-hydrogen) atoms. The molecule has 2 heterocycles. The van der Waals surface area contributed by atoms with E-state index in [-0.39, 0.29) is 18.3 Å². The highest BCUT2D eigenvalue weighted by Gasteiger charge is 2.39. The van der Waals surface area contributed by atoms with Crippen LogP contribution in [-0.2, 0) is 6.18 Å². The number of ether oxygens (including phenoxy) is 1. The van der Waals surface area contributed by atoms with E-state index in [0.717, 1.165) is 0 Å². The van der Waals surface area contributed by atoms with Crippen LogP contribution in [0.1, 0.15) is 47.8 Å². The number of piperidine rings is 1. The number of nitrogens with zero attached hydrogens (tertiary/aromatic N) is 3. The predicted molar refractivity (Wildman–Crippen MR) is 84.8 cm³/mol. The van der Waals surface area contributed by atoms with Gasteiger partial charge < -0.3 is 14.1 Å². The van der Waals surface area contributed by atoms with Crippen molar-refractivity contribution in [1.29, 1.82) is 0 Å². The van der Waals surface area contributed by atoms with E-state index >= 15 is 0 Å². The Morgan fingerprint density at radius 2 is 2.04 bits per heavy atom. The van der Waals surface area contributed by atoms with Crippen molar-refractivity contribution in [2.24, 2.45) is 0 Å². The van der Waals surface area contributed by atoms with Gasteiger partial charge in [-0.2, -0.15) is 13.2 Å². The quantitative estimate of drug-likeness (QED) is 0.825. The molecule has 9 heteroatoms. The van der Waals surface area contributed by atoms with Crippen molar-refractivity contribution in [3.05, 3.63) is 41.6 Å². The third kappa shape index (κ3) is 3.97. The fourth-order valence-electron chi connectivity index (χ4n) is 2.92. The summed E-state index contributed by atoms with van der Waals surface area (Å²) in [5.74, 6) is -1.36. The average molecular weight is 369 g/mol. The molecule has 1 aliphatic rings. The lowest BCUT2D eigenvalue weighted by atomic mass is 9.97. The molecule has 1 fully saturated rings. The third-order valence-corrected chi connectivity index (χ3v) is 4.15. The Morgan fingerprint density at radius 1 is 1.31 bits per heavy atom. The van der Waals surface area contributed by atoms with Crippen molar-refractivity contribution in [2.45, 2.75) is 31.9 Å². The number of benzene rings is 1. The smallest absolute Gasteiger partial charge is 0.470 e. The van der Waals surface area contributed by atoms with E-state index in [0.29, 0.717) is 37.3 Å². The lowest BCUT2D eigenvalue weighted by molar-refractivity contribution is -0.157. The first-order chi connectivity index (χ1) is 12.4. The maximum Gasteiger partial charge on any atom is 0.470 e. The Labute approximate surface area is 148 Å². The van der Waals surface area contributed by atoms with E-state index in [4.69, 9.17) is 9.15 Å². The van der Waals surface area contributed by atoms with Crippen LogP contribution in [0.25, 0.3) is 0 Å². The minimum absolute atomic E-state index is 0.0819. The average Bonchev–Trinajstić information content (AvgIpc) is 3.13. The zero-order valence-electron chi connectivity index (χ0n) is 14.1. The van der Waals surface area contributed by atoms with Crippen LogP contribution in [0.3, 0.4) is 0 Å². The number of rotatable bonds is 4. The molecular formula is C17H18F3N3O3. The third-order valence-electron chi connectivity index (χ3n) is 4.15. The van der Waals surface area contributed by atoms with Crippen LogP contribution in [0.2, 0.25) is 0 Å². The maximum absolute atomic E-state index is 12.6. The number of aromatic nitrogens is 2. The summed E-state index contributed by atoms with van der Waals surface area (Å²) in [6.45, 7) is 3.17. The molecule has 1 saturated heterocycles. The van der Waals surface area contributed by atoms with Crippen LogP contribution >= 0.6 is 0 Å². The largest absolute Gasteiger partial charge is 0.494 e. The number of alkyl halides is 3. The summed E-state index contributed by atoms with van der Waals surface area (Å²) in [4.78, 5) is 14.2. The summed E-state index contributed by atoms with van der Waals surface area (Å²) in [5.41, 5.74) is 0.496. The molecule has 3 rings (SSSR count). The normalized spacial score (nSPS) is 18.0. The SMILES string of the molecule is CCOc1ccc(C(=O)N2CCCC(c3nnc(C(F)(F)F)o3)C2)cc1. The number of hydrogen-bond acceptors (Lipinski definition) is 5. The summed E-state index contributed by atoms with van der Waals surface area (Å²) in [5, 5.41) is 6.57. The van der Waals surface area contributed by atoms with Gasteiger partial charge in [0, 0.05) is 18.7 Å². The second-order valence-electron chi connectivity index (χ2n) is 5.99. The summed E-state index contributed by atoms with van der Waals surface area (Å²) in [7, 11) is 0. The Hall–Kier alpha value is -2.58. The molecule has 6 nitrogen and oxygen atoms in total. The van der Waals surface area contributed by atoms with E-state index in [1.54, 1.807) is 29.2 Å². The second-order valence-corrected chi connectivity index (χ2v) is 5.99. The first-order valence-corrected chi connectivity index (χ1v) is 8.31. The van der Waals surface area contributed by atoms with Gasteiger partial charge in [0.1, 0.15) is 5.75 Å². The van der Waals surface area contributed by atoms with Crippen LogP contribution in [0.4, 0.5) is 13.2 Å². The van der Waals surface area contributed by atoms with Gasteiger partial charge in [-0.15, -0.1) is 10.2 Å². The molecule has 2 aromatic rings. The first-order valence-electron chi connectivity index (χ1n) is 8.31. The van der Waals surface area contributed by atoms with Gasteiger partial charge in [0.25, 0.3) is 5.91 Å². The summed E-state index contributed by atoms with van der Waals surface area (Å²) in [6, 6.07) is 6.77. The molecule has 0 N–H and O–H groups in total. The fraction of sp³-hybridized carbons (Fsp3) is 0.471. The summed E-state index contributed by atoms with van der Waals surface area (Å²) >= 11 is 0. The van der Waals surface area contributed by atoms with Crippen LogP contribution in [-0.4, -0.2) is 40.7 Å². The first kappa shape index (κ1) is 18.2. The van der Waals surface area contributed by atoms with E-state index in [9.17, 15) is 18.0 Å². The molecular weight excluding hydrogens is 351 g/mol. The number of halogens is 3. The Bertz CT molecular complexity index is 759. The number of hydrogen-bond donors (Lipinski definition) is 0. The topological polar surface area (TPSA) is 68.5 Å². The van der Waals surface area contributed by atoms with E-state index in [2.05, 4.69) is 10.2 Å². The highest BCUT2D eigenvalue weighted by atomic mass is 19.4. The molecule has 140 valence electrons. The van der Waals surface area contributed by atoms with Crippen LogP contribution in [0, 0.1) is 0 Å². The lowest BCUT2D eigenvalue weighted by Gasteiger charge is -2.31. The molecule has 1 amide bonds. The van der Waals surface area contributed by atoms with Gasteiger partial charge in [0.05, 0.1) is 12.5 Å². The summed E-state index contributed by atoms with van der Waals surface area (Å²) in [6.07, 6.45) is -3.43. The minimum Gasteiger partial charge on any atom is -0.494 e. The van der Waals surface area contributed by atoms with Crippen molar-refractivity contribution >= 4 is 5.91 Å². The van der Waals surface area contributed by atoms with Crippen molar-refractivity contribution in [3.63, 3.8) is 0 Å². The zero-order chi connectivity index (χ0) is 18.7. The highest BCUT2D eigenvalue weighted by molar-refractivity contribution is 5.94. The Kier molecular flexibility index (Phi) is 5.15. The van der Waals surface area contributed by atoms with Gasteiger partial charge in [-0.3, -0.25) is 4.79 Å². The van der Waals surface area contributed by atoms with Crippen LogP contribution in [0.5, 0.6) is 5.75 Å².